The molecule has 34 heavy (non-hydrogen) atoms. The third-order valence-corrected chi connectivity index (χ3v) is 6.86. The molecule has 2 atom stereocenters. The largest absolute Gasteiger partial charge is 0.481 e. The molecule has 172 valence electrons. The van der Waals surface area contributed by atoms with Gasteiger partial charge >= 0.3 is 0 Å². The van der Waals surface area contributed by atoms with E-state index in [0.29, 0.717) is 18.0 Å². The Morgan fingerprint density at radius 2 is 2.00 bits per heavy atom. The molecule has 2 aromatic rings. The van der Waals surface area contributed by atoms with Crippen LogP contribution in [-0.4, -0.2) is 59.2 Å². The first-order chi connectivity index (χ1) is 16.7. The summed E-state index contributed by atoms with van der Waals surface area (Å²) in [7, 11) is 1.64. The molecule has 0 saturated carbocycles. The van der Waals surface area contributed by atoms with Gasteiger partial charge in [0, 0.05) is 67.5 Å². The summed E-state index contributed by atoms with van der Waals surface area (Å²) in [5, 5.41) is 15.3. The summed E-state index contributed by atoms with van der Waals surface area (Å²) in [6.07, 6.45) is 12.6. The Balaban J connectivity index is 1.14. The number of piperidine rings is 1. The van der Waals surface area contributed by atoms with Crippen LogP contribution in [0.3, 0.4) is 0 Å². The highest BCUT2D eigenvalue weighted by molar-refractivity contribution is 6.19. The Morgan fingerprint density at radius 1 is 1.12 bits per heavy atom. The van der Waals surface area contributed by atoms with E-state index in [0.717, 1.165) is 47.9 Å². The summed E-state index contributed by atoms with van der Waals surface area (Å²) in [5.41, 5.74) is 7.51. The minimum Gasteiger partial charge on any atom is -0.481 e. The monoisotopic (exact) mass is 454 g/mol. The van der Waals surface area contributed by atoms with Crippen molar-refractivity contribution in [2.75, 3.05) is 25.1 Å². The Bertz CT molecular complexity index is 1220. The van der Waals surface area contributed by atoms with E-state index in [-0.39, 0.29) is 5.84 Å². The number of ether oxygens (including phenoxy) is 1. The number of rotatable bonds is 5. The summed E-state index contributed by atoms with van der Waals surface area (Å²) >= 11 is 0. The highest BCUT2D eigenvalue weighted by Crippen LogP contribution is 2.36. The highest BCUT2D eigenvalue weighted by Gasteiger charge is 2.44. The molecule has 2 bridgehead atoms. The lowest BCUT2D eigenvalue weighted by Gasteiger charge is -2.56. The third kappa shape index (κ3) is 3.63. The van der Waals surface area contributed by atoms with Crippen molar-refractivity contribution >= 4 is 23.4 Å². The van der Waals surface area contributed by atoms with Crippen LogP contribution in [0.5, 0.6) is 5.88 Å². The maximum absolute atomic E-state index is 8.07. The van der Waals surface area contributed by atoms with Crippen molar-refractivity contribution < 1.29 is 4.74 Å². The van der Waals surface area contributed by atoms with Gasteiger partial charge in [0.2, 0.25) is 5.88 Å². The van der Waals surface area contributed by atoms with Gasteiger partial charge in [0.15, 0.2) is 0 Å². The number of anilines is 1. The number of hydrazone groups is 1. The predicted molar refractivity (Wildman–Crippen MR) is 132 cm³/mol. The van der Waals surface area contributed by atoms with Crippen LogP contribution in [0.25, 0.3) is 5.57 Å². The van der Waals surface area contributed by atoms with Crippen LogP contribution in [0.2, 0.25) is 0 Å². The lowest BCUT2D eigenvalue weighted by atomic mass is 9.87. The molecule has 2 aromatic heterocycles. The molecule has 9 heteroatoms. The molecule has 7 rings (SSSR count). The van der Waals surface area contributed by atoms with E-state index in [1.54, 1.807) is 13.3 Å². The second-order valence-electron chi connectivity index (χ2n) is 8.85. The molecule has 3 fully saturated rings. The van der Waals surface area contributed by atoms with Crippen molar-refractivity contribution in [3.8, 4) is 5.88 Å². The summed E-state index contributed by atoms with van der Waals surface area (Å²) in [6.45, 7) is 2.88. The summed E-state index contributed by atoms with van der Waals surface area (Å²) < 4.78 is 5.17. The van der Waals surface area contributed by atoms with Crippen molar-refractivity contribution in [3.63, 3.8) is 0 Å². The van der Waals surface area contributed by atoms with Crippen LogP contribution in [0.1, 0.15) is 17.5 Å². The van der Waals surface area contributed by atoms with E-state index >= 15 is 0 Å². The first-order valence-corrected chi connectivity index (χ1v) is 11.4. The Morgan fingerprint density at radius 3 is 2.68 bits per heavy atom. The van der Waals surface area contributed by atoms with E-state index in [4.69, 9.17) is 15.1 Å². The average Bonchev–Trinajstić information content (AvgIpc) is 3.33. The van der Waals surface area contributed by atoms with Crippen LogP contribution in [-0.2, 0) is 6.54 Å². The number of methoxy groups -OCH3 is 1. The zero-order valence-electron chi connectivity index (χ0n) is 18.9. The summed E-state index contributed by atoms with van der Waals surface area (Å²) in [5.74, 6) is 1.95. The van der Waals surface area contributed by atoms with Gasteiger partial charge in [-0.25, -0.2) is 9.97 Å². The lowest BCUT2D eigenvalue weighted by Crippen LogP contribution is -2.68. The van der Waals surface area contributed by atoms with Crippen LogP contribution in [0.15, 0.2) is 71.4 Å². The fourth-order valence-electron chi connectivity index (χ4n) is 5.08. The smallest absolute Gasteiger partial charge is 0.212 e. The number of hydrogen-bond donors (Lipinski definition) is 3. The maximum atomic E-state index is 8.07. The van der Waals surface area contributed by atoms with E-state index in [1.165, 1.54) is 12.0 Å². The van der Waals surface area contributed by atoms with E-state index in [2.05, 4.69) is 48.8 Å². The van der Waals surface area contributed by atoms with Gasteiger partial charge in [0.25, 0.3) is 0 Å². The van der Waals surface area contributed by atoms with Gasteiger partial charge in [-0.3, -0.25) is 15.7 Å². The Hall–Kier alpha value is -3.98. The molecular formula is C25H26N8O. The number of nitrogens with one attached hydrogen (secondary N) is 3. The number of allylic oxidation sites excluding steroid dienone is 3. The Labute approximate surface area is 198 Å². The molecule has 5 aliphatic heterocycles. The molecule has 0 radical (unpaired) electrons. The van der Waals surface area contributed by atoms with Crippen molar-refractivity contribution in [3.05, 3.63) is 77.4 Å². The molecule has 7 heterocycles. The predicted octanol–water partition coefficient (Wildman–Crippen LogP) is 2.27. The zero-order chi connectivity index (χ0) is 23.1. The van der Waals surface area contributed by atoms with Gasteiger partial charge in [0.1, 0.15) is 11.7 Å². The molecule has 3 N–H and O–H groups in total. The van der Waals surface area contributed by atoms with E-state index in [9.17, 15) is 0 Å². The number of dihydropyridines is 1. The molecule has 0 amide bonds. The third-order valence-electron chi connectivity index (χ3n) is 6.86. The first-order valence-electron chi connectivity index (χ1n) is 11.4. The number of nitrogens with zero attached hydrogens (tertiary/aromatic N) is 5. The van der Waals surface area contributed by atoms with Gasteiger partial charge < -0.3 is 15.0 Å². The SMILES string of the molecule is COc1ccc(CN2C3CC2CN(c2ccc(C4=CC=CN/C4=C4/C=NNC4=N)cn2)C3)cn1. The molecular weight excluding hydrogens is 428 g/mol. The van der Waals surface area contributed by atoms with Crippen LogP contribution in [0.4, 0.5) is 5.82 Å². The number of pyridine rings is 2. The van der Waals surface area contributed by atoms with Crippen LogP contribution >= 0.6 is 0 Å². The van der Waals surface area contributed by atoms with Crippen molar-refractivity contribution in [1.29, 1.82) is 5.41 Å². The molecule has 5 aliphatic rings. The molecule has 3 saturated heterocycles. The molecule has 0 aromatic carbocycles. The number of amidine groups is 1. The van der Waals surface area contributed by atoms with Gasteiger partial charge in [0.05, 0.1) is 24.6 Å². The van der Waals surface area contributed by atoms with Gasteiger partial charge in [-0.1, -0.05) is 12.1 Å². The minimum absolute atomic E-state index is 0.288. The van der Waals surface area contributed by atoms with Gasteiger partial charge in [-0.15, -0.1) is 0 Å². The fraction of sp³-hybridized carbons (Fsp3) is 0.280. The topological polar surface area (TPSA) is 102 Å². The normalized spacial score (nSPS) is 25.5. The lowest BCUT2D eigenvalue weighted by molar-refractivity contribution is -0.00877. The van der Waals surface area contributed by atoms with Crippen LogP contribution < -0.4 is 20.4 Å². The molecule has 0 aliphatic carbocycles. The maximum Gasteiger partial charge on any atom is 0.212 e. The highest BCUT2D eigenvalue weighted by atomic mass is 16.5. The zero-order valence-corrected chi connectivity index (χ0v) is 18.9. The van der Waals surface area contributed by atoms with Crippen molar-refractivity contribution in [2.24, 2.45) is 5.10 Å². The molecule has 2 unspecified atom stereocenters. The average molecular weight is 455 g/mol. The second-order valence-corrected chi connectivity index (χ2v) is 8.85. The molecule has 9 nitrogen and oxygen atoms in total. The number of aromatic nitrogens is 2. The quantitative estimate of drug-likeness (QED) is 0.637. The van der Waals surface area contributed by atoms with Crippen molar-refractivity contribution in [2.45, 2.75) is 25.0 Å². The van der Waals surface area contributed by atoms with Gasteiger partial charge in [-0.2, -0.15) is 5.10 Å². The molecule has 0 spiro atoms. The second kappa shape index (κ2) is 8.42. The van der Waals surface area contributed by atoms with Crippen LogP contribution in [0, 0.1) is 5.41 Å². The van der Waals surface area contributed by atoms with E-state index < -0.39 is 0 Å². The number of fused-ring (bicyclic) bond motifs is 2. The summed E-state index contributed by atoms with van der Waals surface area (Å²) in [4.78, 5) is 14.1. The Kier molecular flexibility index (Phi) is 5.10. The number of piperazine rings is 1. The van der Waals surface area contributed by atoms with Crippen molar-refractivity contribution in [1.82, 2.24) is 25.6 Å². The van der Waals surface area contributed by atoms with Gasteiger partial charge in [-0.05, 0) is 30.2 Å². The fourth-order valence-corrected chi connectivity index (χ4v) is 5.08. The number of hydrogen-bond acceptors (Lipinski definition) is 8. The summed E-state index contributed by atoms with van der Waals surface area (Å²) in [6, 6.07) is 9.31. The standard InChI is InChI=1S/C25H26N8O/c1-34-23-7-4-16(10-29-23)13-33-18-9-19(33)15-32(14-18)22-6-5-17(11-28-22)20-3-2-8-27-24(20)21-12-30-31-25(21)26/h2-8,10-12,18-19,27H,9,13-15H2,1H3,(H2,26,31)/b24-21-. The first kappa shape index (κ1) is 20.6. The van der Waals surface area contributed by atoms with E-state index in [1.807, 2.05) is 36.8 Å². The minimum atomic E-state index is 0.288.